The van der Waals surface area contributed by atoms with Crippen molar-refractivity contribution in [2.75, 3.05) is 12.4 Å². The largest absolute Gasteiger partial charge is 0.485 e. The Kier molecular flexibility index (Phi) is 5.06. The van der Waals surface area contributed by atoms with Crippen LogP contribution in [0, 0.1) is 30.3 Å². The molecule has 12 heteroatoms. The van der Waals surface area contributed by atoms with Crippen molar-refractivity contribution in [2.45, 2.75) is 0 Å². The van der Waals surface area contributed by atoms with Crippen LogP contribution in [0.5, 0.6) is 5.75 Å². The fourth-order valence-electron chi connectivity index (χ4n) is 2.17. The van der Waals surface area contributed by atoms with Crippen LogP contribution in [-0.2, 0) is 0 Å². The molecule has 12 nitrogen and oxygen atoms in total. The fraction of sp³-hybridized carbons (Fsp3) is 0.0714. The number of nitro groups is 3. The maximum atomic E-state index is 12.3. The van der Waals surface area contributed by atoms with E-state index in [0.717, 1.165) is 25.3 Å². The molecule has 1 N–H and O–H groups in total. The Morgan fingerprint density at radius 1 is 0.923 bits per heavy atom. The second-order valence-corrected chi connectivity index (χ2v) is 4.79. The highest BCUT2D eigenvalue weighted by molar-refractivity contribution is 6.07. The zero-order valence-corrected chi connectivity index (χ0v) is 13.1. The SMILES string of the molecule is COc1c([N+](=O)[O-])cc(NC(=O)c2ccccc2[N+](=O)[O-])cc1[N+](=O)[O-]. The summed E-state index contributed by atoms with van der Waals surface area (Å²) in [5, 5.41) is 35.4. The number of nitrogens with one attached hydrogen (secondary N) is 1. The molecule has 2 aromatic carbocycles. The number of methoxy groups -OCH3 is 1. The molecular weight excluding hydrogens is 352 g/mol. The molecule has 0 aliphatic carbocycles. The van der Waals surface area contributed by atoms with E-state index in [4.69, 9.17) is 4.74 Å². The Bertz CT molecular complexity index is 892. The summed E-state index contributed by atoms with van der Waals surface area (Å²) in [5.41, 5.74) is -2.55. The summed E-state index contributed by atoms with van der Waals surface area (Å²) in [7, 11) is 1.03. The number of rotatable bonds is 6. The predicted molar refractivity (Wildman–Crippen MR) is 87.4 cm³/mol. The zero-order valence-electron chi connectivity index (χ0n) is 13.1. The number of amides is 1. The second-order valence-electron chi connectivity index (χ2n) is 4.79. The van der Waals surface area contributed by atoms with E-state index in [1.54, 1.807) is 0 Å². The lowest BCUT2D eigenvalue weighted by Crippen LogP contribution is -2.14. The monoisotopic (exact) mass is 362 g/mol. The molecule has 0 aromatic heterocycles. The molecule has 26 heavy (non-hydrogen) atoms. The lowest BCUT2D eigenvalue weighted by molar-refractivity contribution is -0.395. The third kappa shape index (κ3) is 3.53. The van der Waals surface area contributed by atoms with E-state index in [2.05, 4.69) is 5.32 Å². The van der Waals surface area contributed by atoms with E-state index in [-0.39, 0.29) is 11.3 Å². The first-order valence-corrected chi connectivity index (χ1v) is 6.81. The van der Waals surface area contributed by atoms with Crippen LogP contribution in [0.25, 0.3) is 0 Å². The minimum Gasteiger partial charge on any atom is -0.485 e. The highest BCUT2D eigenvalue weighted by Gasteiger charge is 2.29. The Labute approximate surface area is 144 Å². The van der Waals surface area contributed by atoms with Crippen molar-refractivity contribution in [3.05, 3.63) is 72.3 Å². The molecule has 0 fully saturated rings. The lowest BCUT2D eigenvalue weighted by Gasteiger charge is -2.08. The summed E-state index contributed by atoms with van der Waals surface area (Å²) >= 11 is 0. The fourth-order valence-corrected chi connectivity index (χ4v) is 2.17. The third-order valence-corrected chi connectivity index (χ3v) is 3.25. The lowest BCUT2D eigenvalue weighted by atomic mass is 10.1. The molecule has 2 aromatic rings. The summed E-state index contributed by atoms with van der Waals surface area (Å²) in [6.45, 7) is 0. The molecule has 134 valence electrons. The van der Waals surface area contributed by atoms with Gasteiger partial charge in [-0.2, -0.15) is 0 Å². The molecule has 1 amide bonds. The first kappa shape index (κ1) is 18.3. The van der Waals surface area contributed by atoms with Crippen LogP contribution < -0.4 is 10.1 Å². The minimum atomic E-state index is -0.953. The number of carbonyl (C=O) groups is 1. The van der Waals surface area contributed by atoms with Crippen molar-refractivity contribution in [2.24, 2.45) is 0 Å². The third-order valence-electron chi connectivity index (χ3n) is 3.25. The van der Waals surface area contributed by atoms with Crippen LogP contribution in [0.2, 0.25) is 0 Å². The van der Waals surface area contributed by atoms with Crippen molar-refractivity contribution in [1.29, 1.82) is 0 Å². The van der Waals surface area contributed by atoms with Crippen LogP contribution in [0.1, 0.15) is 10.4 Å². The molecule has 0 heterocycles. The van der Waals surface area contributed by atoms with Crippen LogP contribution in [0.3, 0.4) is 0 Å². The van der Waals surface area contributed by atoms with Gasteiger partial charge in [-0.3, -0.25) is 35.1 Å². The van der Waals surface area contributed by atoms with E-state index < -0.39 is 43.5 Å². The number of benzene rings is 2. The summed E-state index contributed by atoms with van der Waals surface area (Å²) in [6, 6.07) is 6.75. The molecule has 0 aliphatic heterocycles. The predicted octanol–water partition coefficient (Wildman–Crippen LogP) is 2.67. The molecule has 0 saturated carbocycles. The quantitative estimate of drug-likeness (QED) is 0.604. The van der Waals surface area contributed by atoms with Gasteiger partial charge in [-0.1, -0.05) is 12.1 Å². The smallest absolute Gasteiger partial charge is 0.320 e. The van der Waals surface area contributed by atoms with Crippen molar-refractivity contribution < 1.29 is 24.3 Å². The van der Waals surface area contributed by atoms with E-state index >= 15 is 0 Å². The van der Waals surface area contributed by atoms with Gasteiger partial charge in [-0.15, -0.1) is 0 Å². The molecule has 0 atom stereocenters. The number of anilines is 1. The molecule has 0 unspecified atom stereocenters. The Morgan fingerprint density at radius 3 is 1.88 bits per heavy atom. The zero-order chi connectivity index (χ0) is 19.4. The number of hydrogen-bond donors (Lipinski definition) is 1. The standard InChI is InChI=1S/C14H10N4O8/c1-26-13-11(17(22)23)6-8(7-12(13)18(24)25)15-14(19)9-4-2-3-5-10(9)16(20)21/h2-7H,1H3,(H,15,19). The highest BCUT2D eigenvalue weighted by Crippen LogP contribution is 2.39. The molecule has 0 radical (unpaired) electrons. The summed E-state index contributed by atoms with van der Waals surface area (Å²) in [4.78, 5) is 42.9. The van der Waals surface area contributed by atoms with E-state index in [9.17, 15) is 35.1 Å². The molecule has 0 spiro atoms. The van der Waals surface area contributed by atoms with Gasteiger partial charge >= 0.3 is 11.4 Å². The van der Waals surface area contributed by atoms with Gasteiger partial charge in [0.1, 0.15) is 5.56 Å². The van der Waals surface area contributed by atoms with Crippen LogP contribution in [-0.4, -0.2) is 27.8 Å². The maximum Gasteiger partial charge on any atom is 0.320 e. The highest BCUT2D eigenvalue weighted by atomic mass is 16.6. The van der Waals surface area contributed by atoms with E-state index in [1.165, 1.54) is 18.2 Å². The van der Waals surface area contributed by atoms with Crippen molar-refractivity contribution in [3.63, 3.8) is 0 Å². The maximum absolute atomic E-state index is 12.3. The minimum absolute atomic E-state index is 0.285. The van der Waals surface area contributed by atoms with Gasteiger partial charge in [-0.05, 0) is 6.07 Å². The summed E-state index contributed by atoms with van der Waals surface area (Å²) in [6.07, 6.45) is 0. The number of hydrogen-bond acceptors (Lipinski definition) is 8. The molecule has 2 rings (SSSR count). The summed E-state index contributed by atoms with van der Waals surface area (Å²) in [5.74, 6) is -1.53. The normalized spacial score (nSPS) is 10.0. The molecule has 0 bridgehead atoms. The molecule has 0 aliphatic rings. The average molecular weight is 362 g/mol. The number of para-hydroxylation sites is 1. The van der Waals surface area contributed by atoms with Gasteiger partial charge in [0.15, 0.2) is 0 Å². The van der Waals surface area contributed by atoms with Crippen molar-refractivity contribution in [1.82, 2.24) is 0 Å². The number of nitro benzene ring substituents is 3. The van der Waals surface area contributed by atoms with Gasteiger partial charge in [0, 0.05) is 18.2 Å². The van der Waals surface area contributed by atoms with Gasteiger partial charge < -0.3 is 10.1 Å². The van der Waals surface area contributed by atoms with Crippen molar-refractivity contribution in [3.8, 4) is 5.75 Å². The van der Waals surface area contributed by atoms with Gasteiger partial charge in [-0.25, -0.2) is 0 Å². The Morgan fingerprint density at radius 2 is 1.42 bits per heavy atom. The Hall–Kier alpha value is -4.09. The average Bonchev–Trinajstić information content (AvgIpc) is 2.60. The number of carbonyl (C=O) groups excluding carboxylic acids is 1. The van der Waals surface area contributed by atoms with Gasteiger partial charge in [0.2, 0.25) is 0 Å². The molecular formula is C14H10N4O8. The first-order valence-electron chi connectivity index (χ1n) is 6.81. The van der Waals surface area contributed by atoms with Crippen LogP contribution in [0.15, 0.2) is 36.4 Å². The number of nitrogens with zero attached hydrogens (tertiary/aromatic N) is 3. The summed E-state index contributed by atoms with van der Waals surface area (Å²) < 4.78 is 4.71. The van der Waals surface area contributed by atoms with Crippen LogP contribution in [0.4, 0.5) is 22.7 Å². The Balaban J connectivity index is 2.50. The van der Waals surface area contributed by atoms with Crippen molar-refractivity contribution >= 4 is 28.7 Å². The van der Waals surface area contributed by atoms with Gasteiger partial charge in [0.25, 0.3) is 17.3 Å². The van der Waals surface area contributed by atoms with E-state index in [0.29, 0.717) is 0 Å². The first-order chi connectivity index (χ1) is 12.3. The van der Waals surface area contributed by atoms with Crippen LogP contribution >= 0.6 is 0 Å². The van der Waals surface area contributed by atoms with Gasteiger partial charge in [0.05, 0.1) is 27.6 Å². The second kappa shape index (κ2) is 7.21. The van der Waals surface area contributed by atoms with E-state index in [1.807, 2.05) is 0 Å². The molecule has 0 saturated heterocycles. The number of ether oxygens (including phenoxy) is 1. The topological polar surface area (TPSA) is 168 Å².